The molecule has 0 amide bonds. The van der Waals surface area contributed by atoms with Crippen molar-refractivity contribution >= 4 is 5.97 Å². The first-order valence-corrected chi connectivity index (χ1v) is 1.43. The summed E-state index contributed by atoms with van der Waals surface area (Å²) in [4.78, 5) is 11.5. The van der Waals surface area contributed by atoms with E-state index in [0.717, 1.165) is 0 Å². The zero-order valence-electron chi connectivity index (χ0n) is 3.27. The Kier molecular flexibility index (Phi) is 1.76. The summed E-state index contributed by atoms with van der Waals surface area (Å²) < 4.78 is 0. The molecule has 0 radical (unpaired) electrons. The third-order valence-electron chi connectivity index (χ3n) is 0.330. The normalized spacial score (nSPS) is 12.0. The molecule has 0 aliphatic carbocycles. The van der Waals surface area contributed by atoms with E-state index in [4.69, 9.17) is 15.6 Å². The van der Waals surface area contributed by atoms with Gasteiger partial charge in [0.15, 0.2) is 4.98 Å². The van der Waals surface area contributed by atoms with Crippen LogP contribution in [-0.2, 0) is 4.79 Å². The summed E-state index contributed by atoms with van der Waals surface area (Å²) in [6, 6.07) is 0. The molecule has 5 heteroatoms. The number of rotatable bonds is 1. The summed E-state index contributed by atoms with van der Waals surface area (Å²) in [5.74, 6) is -1.57. The molecule has 0 bridgehead atoms. The molecular weight excluding hydrogens is 100 g/mol. The highest BCUT2D eigenvalue weighted by Crippen LogP contribution is 1.79. The zero-order valence-corrected chi connectivity index (χ0v) is 3.27. The molecule has 0 aromatic heterocycles. The monoisotopic (exact) mass is 103 g/mol. The van der Waals surface area contributed by atoms with Crippen LogP contribution >= 0.6 is 0 Å². The molecule has 2 N–H and O–H groups in total. The number of nitrogens with zero attached hydrogens (tertiary/aromatic N) is 2. The Hall–Kier alpha value is -1.15. The number of aliphatic carboxylic acids is 1. The van der Waals surface area contributed by atoms with E-state index < -0.39 is 12.2 Å². The Morgan fingerprint density at radius 1 is 1.86 bits per heavy atom. The van der Waals surface area contributed by atoms with E-state index in [9.17, 15) is 4.79 Å². The second-order valence-electron chi connectivity index (χ2n) is 0.827. The van der Waals surface area contributed by atoms with Crippen molar-refractivity contribution in [2.75, 3.05) is 0 Å². The van der Waals surface area contributed by atoms with Gasteiger partial charge in [0.05, 0.1) is 0 Å². The minimum atomic E-state index is -2.00. The van der Waals surface area contributed by atoms with Gasteiger partial charge in [-0.25, -0.2) is 4.79 Å². The van der Waals surface area contributed by atoms with Crippen LogP contribution in [0.3, 0.4) is 0 Å². The molecule has 1 unspecified atom stereocenters. The summed E-state index contributed by atoms with van der Waals surface area (Å²) in [6.45, 7) is 0. The fraction of sp³-hybridized carbons (Fsp3) is 0.500. The van der Waals surface area contributed by atoms with Crippen molar-refractivity contribution in [3.8, 4) is 0 Å². The van der Waals surface area contributed by atoms with E-state index in [1.165, 1.54) is 0 Å². The van der Waals surface area contributed by atoms with Gasteiger partial charge >= 0.3 is 12.2 Å². The minimum absolute atomic E-state index is 1.57. The van der Waals surface area contributed by atoms with Gasteiger partial charge in [0.1, 0.15) is 0 Å². The van der Waals surface area contributed by atoms with Gasteiger partial charge < -0.3 is 10.2 Å². The van der Waals surface area contributed by atoms with Crippen LogP contribution in [0, 0.1) is 5.39 Å². The lowest BCUT2D eigenvalue weighted by Crippen LogP contribution is -2.13. The highest BCUT2D eigenvalue weighted by molar-refractivity contribution is 5.72. The van der Waals surface area contributed by atoms with Crippen molar-refractivity contribution in [2.45, 2.75) is 6.23 Å². The van der Waals surface area contributed by atoms with Crippen LogP contribution in [0.1, 0.15) is 0 Å². The van der Waals surface area contributed by atoms with Gasteiger partial charge in [-0.2, -0.15) is 0 Å². The number of hydrogen-bond donors (Lipinski definition) is 2. The smallest absolute Gasteiger partial charge is 0.473 e. The third kappa shape index (κ3) is 1.67. The standard InChI is InChI=1S/C2H2N2O3/c3-4-1(5)2(6)7/h1,5H/p+1. The van der Waals surface area contributed by atoms with Crippen molar-refractivity contribution in [1.82, 2.24) is 0 Å². The van der Waals surface area contributed by atoms with Gasteiger partial charge in [-0.15, -0.1) is 0 Å². The molecule has 0 aliphatic rings. The lowest BCUT2D eigenvalue weighted by molar-refractivity contribution is -0.144. The number of hydrogen-bond acceptors (Lipinski definition) is 3. The van der Waals surface area contributed by atoms with Crippen molar-refractivity contribution in [2.24, 2.45) is 0 Å². The van der Waals surface area contributed by atoms with Crippen molar-refractivity contribution in [3.63, 3.8) is 0 Å². The second kappa shape index (κ2) is 2.10. The van der Waals surface area contributed by atoms with Crippen LogP contribution in [0.25, 0.3) is 4.98 Å². The maximum Gasteiger partial charge on any atom is 0.513 e. The summed E-state index contributed by atoms with van der Waals surface area (Å²) in [5, 5.41) is 23.1. The van der Waals surface area contributed by atoms with E-state index in [1.54, 1.807) is 0 Å². The molecule has 5 nitrogen and oxygen atoms in total. The number of carboxylic acid groups (broad SMARTS) is 1. The molecule has 0 rings (SSSR count). The average Bonchev–Trinajstić information content (AvgIpc) is 1.65. The molecule has 1 atom stereocenters. The zero-order chi connectivity index (χ0) is 5.86. The SMILES string of the molecule is N#[N+]C(O)C(=O)O. The van der Waals surface area contributed by atoms with E-state index in [0.29, 0.717) is 0 Å². The van der Waals surface area contributed by atoms with Gasteiger partial charge in [-0.05, 0) is 0 Å². The molecule has 0 spiro atoms. The highest BCUT2D eigenvalue weighted by Gasteiger charge is 2.24. The fourth-order valence-corrected chi connectivity index (χ4v) is 0.0494. The summed E-state index contributed by atoms with van der Waals surface area (Å²) in [7, 11) is 0. The predicted molar refractivity (Wildman–Crippen MR) is 18.7 cm³/mol. The Morgan fingerprint density at radius 3 is 2.29 bits per heavy atom. The first kappa shape index (κ1) is 5.85. The summed E-state index contributed by atoms with van der Waals surface area (Å²) in [5.41, 5.74) is 0. The van der Waals surface area contributed by atoms with Crippen LogP contribution in [-0.4, -0.2) is 22.4 Å². The Balaban J connectivity index is 3.63. The topological polar surface area (TPSA) is 85.7 Å². The number of aliphatic hydroxyl groups excluding tert-OH is 1. The molecule has 0 fully saturated rings. The van der Waals surface area contributed by atoms with E-state index >= 15 is 0 Å². The molecule has 0 aromatic carbocycles. The third-order valence-corrected chi connectivity index (χ3v) is 0.330. The predicted octanol–water partition coefficient (Wildman–Crippen LogP) is -0.758. The van der Waals surface area contributed by atoms with Gasteiger partial charge in [0, 0.05) is 0 Å². The first-order chi connectivity index (χ1) is 3.18. The number of carbonyl (C=O) groups is 1. The largest absolute Gasteiger partial charge is 0.513 e. The van der Waals surface area contributed by atoms with E-state index in [-0.39, 0.29) is 0 Å². The molecule has 38 valence electrons. The maximum absolute atomic E-state index is 9.43. The number of aliphatic hydroxyl groups is 1. The Labute approximate surface area is 38.8 Å². The van der Waals surface area contributed by atoms with Crippen molar-refractivity contribution in [3.05, 3.63) is 4.98 Å². The van der Waals surface area contributed by atoms with Crippen LogP contribution in [0.4, 0.5) is 0 Å². The lowest BCUT2D eigenvalue weighted by atomic mass is 10.6. The van der Waals surface area contributed by atoms with Crippen LogP contribution in [0.5, 0.6) is 0 Å². The van der Waals surface area contributed by atoms with Gasteiger partial charge in [-0.3, -0.25) is 0 Å². The van der Waals surface area contributed by atoms with E-state index in [1.807, 2.05) is 4.98 Å². The molecule has 0 aromatic rings. The molecule has 0 aliphatic heterocycles. The van der Waals surface area contributed by atoms with Crippen LogP contribution < -0.4 is 0 Å². The molecule has 0 heterocycles. The van der Waals surface area contributed by atoms with Gasteiger partial charge in [0.25, 0.3) is 0 Å². The van der Waals surface area contributed by atoms with Gasteiger partial charge in [-0.1, -0.05) is 0 Å². The molecule has 0 saturated carbocycles. The van der Waals surface area contributed by atoms with Crippen LogP contribution in [0.2, 0.25) is 0 Å². The molecule has 7 heavy (non-hydrogen) atoms. The average molecular weight is 103 g/mol. The Morgan fingerprint density at radius 2 is 2.29 bits per heavy atom. The van der Waals surface area contributed by atoms with E-state index in [2.05, 4.69) is 0 Å². The van der Waals surface area contributed by atoms with Gasteiger partial charge in [0.2, 0.25) is 5.39 Å². The summed E-state index contributed by atoms with van der Waals surface area (Å²) in [6.07, 6.45) is -2.00. The lowest BCUT2D eigenvalue weighted by Gasteiger charge is -1.73. The highest BCUT2D eigenvalue weighted by atomic mass is 16.4. The Bertz CT molecular complexity index is 115. The second-order valence-corrected chi connectivity index (χ2v) is 0.827. The maximum atomic E-state index is 9.43. The fourth-order valence-electron chi connectivity index (χ4n) is 0.0494. The molecule has 0 saturated heterocycles. The van der Waals surface area contributed by atoms with Crippen LogP contribution in [0.15, 0.2) is 0 Å². The minimum Gasteiger partial charge on any atom is -0.473 e. The molecular formula is C2H3N2O3+. The number of carboxylic acids is 1. The summed E-state index contributed by atoms with van der Waals surface area (Å²) >= 11 is 0. The van der Waals surface area contributed by atoms with Crippen molar-refractivity contribution < 1.29 is 15.0 Å². The number of diazo groups is 1. The first-order valence-electron chi connectivity index (χ1n) is 1.43. The quantitative estimate of drug-likeness (QED) is 0.427. The van der Waals surface area contributed by atoms with Crippen molar-refractivity contribution in [1.29, 1.82) is 5.39 Å².